The third kappa shape index (κ3) is 9.83. The molecule has 1 heterocycles. The smallest absolute Gasteiger partial charge is 0.405 e. The van der Waals surface area contributed by atoms with Gasteiger partial charge >= 0.3 is 6.09 Å². The number of ether oxygens (including phenoxy) is 3. The van der Waals surface area contributed by atoms with Crippen LogP contribution in [0.4, 0.5) is 4.79 Å². The van der Waals surface area contributed by atoms with Crippen LogP contribution < -0.4 is 11.5 Å². The van der Waals surface area contributed by atoms with Crippen molar-refractivity contribution in [3.63, 3.8) is 0 Å². The van der Waals surface area contributed by atoms with Gasteiger partial charge in [0, 0.05) is 49.3 Å². The number of nitrogens with zero attached hydrogens (tertiary/aromatic N) is 1. The third-order valence-electron chi connectivity index (χ3n) is 9.73. The number of amides is 2. The Balaban J connectivity index is 1.84. The summed E-state index contributed by atoms with van der Waals surface area (Å²) in [6.45, 7) is 6.38. The molecule has 2 bridgehead atoms. The molecule has 282 valence electrons. The van der Waals surface area contributed by atoms with Gasteiger partial charge in [0.25, 0.3) is 5.91 Å². The van der Waals surface area contributed by atoms with Gasteiger partial charge in [-0.05, 0) is 49.0 Å². The zero-order chi connectivity index (χ0) is 39.0. The van der Waals surface area contributed by atoms with Gasteiger partial charge in [-0.15, -0.1) is 0 Å². The molecule has 0 radical (unpaired) electrons. The van der Waals surface area contributed by atoms with Gasteiger partial charge in [0.2, 0.25) is 11.6 Å². The second-order valence-electron chi connectivity index (χ2n) is 13.7. The summed E-state index contributed by atoms with van der Waals surface area (Å²) in [4.78, 5) is 68.8. The molecule has 0 spiro atoms. The molecule has 0 saturated heterocycles. The maximum Gasteiger partial charge on any atom is 0.405 e. The molecule has 1 aliphatic carbocycles. The Morgan fingerprint density at radius 3 is 2.36 bits per heavy atom. The summed E-state index contributed by atoms with van der Waals surface area (Å²) in [5.74, 6) is -3.09. The monoisotopic (exact) mass is 727 g/mol. The number of carbonyl (C=O) groups excluding carboxylic acids is 5. The molecule has 2 aliphatic rings. The molecule has 12 nitrogen and oxygen atoms in total. The first-order chi connectivity index (χ1) is 25.2. The topological polar surface area (TPSA) is 189 Å². The van der Waals surface area contributed by atoms with Crippen LogP contribution in [0.3, 0.4) is 0 Å². The number of rotatable bonds is 6. The molecule has 2 amide bonds. The summed E-state index contributed by atoms with van der Waals surface area (Å²) >= 11 is 0. The van der Waals surface area contributed by atoms with Crippen molar-refractivity contribution in [1.82, 2.24) is 4.90 Å². The van der Waals surface area contributed by atoms with Gasteiger partial charge in [-0.3, -0.25) is 24.1 Å². The Hall–Kier alpha value is -5.17. The Morgan fingerprint density at radius 1 is 0.981 bits per heavy atom. The minimum absolute atomic E-state index is 0.0390. The molecule has 2 aromatic rings. The van der Waals surface area contributed by atoms with Crippen LogP contribution in [-0.4, -0.2) is 84.5 Å². The number of fused-ring (bicyclic) bond motifs is 3. The van der Waals surface area contributed by atoms with E-state index in [0.717, 1.165) is 16.4 Å². The molecule has 1 aliphatic heterocycles. The Bertz CT molecular complexity index is 1900. The van der Waals surface area contributed by atoms with E-state index in [9.17, 15) is 29.1 Å². The van der Waals surface area contributed by atoms with Crippen LogP contribution in [0.2, 0.25) is 0 Å². The number of methoxy groups -OCH3 is 2. The lowest BCUT2D eigenvalue weighted by Gasteiger charge is -2.29. The quantitative estimate of drug-likeness (QED) is 0.211. The van der Waals surface area contributed by atoms with E-state index in [2.05, 4.69) is 0 Å². The standard InChI is InChI=1S/C41H49N3O9/c1-23-17-28(51-5)20-33(45)25(3)19-26(4)39(53-41(43)50)36(52-6)16-9-11-24(2)40(49)44(32-21-34(46)37(42)31(18-23)38(32)48)22-35(47)30-15-10-13-27-12-7-8-14-29(27)30/h7-16,19,21,23,25,28,33,36,39,45H,17-18,20,22,42H2,1-6H3,(H2,43,50)/b16-9-,24-11+,26-19+/t23-,25-,28-,33-,36-,39-/m0/s1. The molecule has 4 rings (SSSR count). The van der Waals surface area contributed by atoms with Crippen molar-refractivity contribution in [2.45, 2.75) is 71.4 Å². The Morgan fingerprint density at radius 2 is 1.68 bits per heavy atom. The number of primary amides is 1. The third-order valence-corrected chi connectivity index (χ3v) is 9.73. The van der Waals surface area contributed by atoms with Crippen LogP contribution in [0.1, 0.15) is 57.3 Å². The van der Waals surface area contributed by atoms with Crippen LogP contribution >= 0.6 is 0 Å². The maximum absolute atomic E-state index is 14.3. The first kappa shape index (κ1) is 40.6. The van der Waals surface area contributed by atoms with E-state index < -0.39 is 66.2 Å². The molecule has 0 aromatic heterocycles. The van der Waals surface area contributed by atoms with E-state index in [1.54, 1.807) is 43.3 Å². The van der Waals surface area contributed by atoms with E-state index >= 15 is 0 Å². The molecular weight excluding hydrogens is 678 g/mol. The number of hydrogen-bond donors (Lipinski definition) is 3. The second kappa shape index (κ2) is 18.0. The van der Waals surface area contributed by atoms with Gasteiger partial charge in [0.05, 0.1) is 30.1 Å². The number of benzene rings is 2. The number of Topliss-reactive ketones (excluding diaryl/α,β-unsaturated/α-hetero) is 2. The zero-order valence-corrected chi connectivity index (χ0v) is 31.0. The van der Waals surface area contributed by atoms with Crippen molar-refractivity contribution in [3.05, 3.63) is 107 Å². The molecule has 0 saturated carbocycles. The van der Waals surface area contributed by atoms with Crippen molar-refractivity contribution >= 4 is 40.1 Å². The summed E-state index contributed by atoms with van der Waals surface area (Å²) < 4.78 is 16.8. The molecule has 6 atom stereocenters. The summed E-state index contributed by atoms with van der Waals surface area (Å²) in [5, 5.41) is 12.7. The number of aliphatic hydroxyl groups is 1. The number of hydrogen-bond acceptors (Lipinski definition) is 10. The van der Waals surface area contributed by atoms with Crippen LogP contribution in [0.5, 0.6) is 0 Å². The largest absolute Gasteiger partial charge is 0.439 e. The number of aliphatic hydroxyl groups excluding tert-OH is 1. The molecule has 0 unspecified atom stereocenters. The fourth-order valence-corrected chi connectivity index (χ4v) is 6.77. The predicted molar refractivity (Wildman–Crippen MR) is 200 cm³/mol. The molecule has 53 heavy (non-hydrogen) atoms. The van der Waals surface area contributed by atoms with E-state index in [1.807, 2.05) is 32.0 Å². The lowest BCUT2D eigenvalue weighted by atomic mass is 9.85. The van der Waals surface area contributed by atoms with Gasteiger partial charge in [-0.1, -0.05) is 80.6 Å². The predicted octanol–water partition coefficient (Wildman–Crippen LogP) is 4.86. The Labute approximate surface area is 309 Å². The first-order valence-corrected chi connectivity index (χ1v) is 17.5. The van der Waals surface area contributed by atoms with E-state index in [-0.39, 0.29) is 41.3 Å². The van der Waals surface area contributed by atoms with E-state index in [1.165, 1.54) is 33.3 Å². The second-order valence-corrected chi connectivity index (χ2v) is 13.7. The lowest BCUT2D eigenvalue weighted by Crippen LogP contribution is -2.41. The first-order valence-electron chi connectivity index (χ1n) is 17.5. The minimum Gasteiger partial charge on any atom is -0.439 e. The van der Waals surface area contributed by atoms with Gasteiger partial charge in [0.1, 0.15) is 6.10 Å². The van der Waals surface area contributed by atoms with Crippen LogP contribution in [0.15, 0.2) is 101 Å². The van der Waals surface area contributed by atoms with Crippen molar-refractivity contribution in [1.29, 1.82) is 0 Å². The van der Waals surface area contributed by atoms with E-state index in [0.29, 0.717) is 22.9 Å². The van der Waals surface area contributed by atoms with Crippen molar-refractivity contribution in [2.24, 2.45) is 23.3 Å². The normalized spacial score (nSPS) is 28.0. The van der Waals surface area contributed by atoms with Gasteiger partial charge in [-0.25, -0.2) is 4.79 Å². The average Bonchev–Trinajstić information content (AvgIpc) is 3.13. The van der Waals surface area contributed by atoms with Crippen molar-refractivity contribution < 1.29 is 43.3 Å². The van der Waals surface area contributed by atoms with Crippen molar-refractivity contribution in [2.75, 3.05) is 20.8 Å². The number of ketones is 3. The van der Waals surface area contributed by atoms with Gasteiger partial charge in [0.15, 0.2) is 11.9 Å². The number of carbonyl (C=O) groups is 5. The van der Waals surface area contributed by atoms with Crippen molar-refractivity contribution in [3.8, 4) is 0 Å². The fraction of sp³-hybridized carbons (Fsp3) is 0.390. The highest BCUT2D eigenvalue weighted by Crippen LogP contribution is 2.30. The summed E-state index contributed by atoms with van der Waals surface area (Å²) in [6, 6.07) is 12.6. The number of nitrogens with two attached hydrogens (primary N) is 2. The highest BCUT2D eigenvalue weighted by molar-refractivity contribution is 6.24. The minimum atomic E-state index is -1.03. The van der Waals surface area contributed by atoms with E-state index in [4.69, 9.17) is 25.7 Å². The summed E-state index contributed by atoms with van der Waals surface area (Å²) in [7, 11) is 2.94. The Kier molecular flexibility index (Phi) is 13.8. The van der Waals surface area contributed by atoms with Crippen LogP contribution in [0.25, 0.3) is 10.8 Å². The molecule has 5 N–H and O–H groups in total. The molecular formula is C41H49N3O9. The average molecular weight is 728 g/mol. The van der Waals surface area contributed by atoms with Crippen LogP contribution in [0, 0.1) is 11.8 Å². The fourth-order valence-electron chi connectivity index (χ4n) is 6.77. The van der Waals surface area contributed by atoms with Crippen LogP contribution in [-0.2, 0) is 28.6 Å². The number of allylic oxidation sites excluding steroid dienone is 4. The summed E-state index contributed by atoms with van der Waals surface area (Å²) in [6.07, 6.45) is 3.86. The maximum atomic E-state index is 14.3. The molecule has 0 fully saturated rings. The zero-order valence-electron chi connectivity index (χ0n) is 31.0. The molecule has 2 aromatic carbocycles. The lowest BCUT2D eigenvalue weighted by molar-refractivity contribution is -0.128. The van der Waals surface area contributed by atoms with Gasteiger partial charge < -0.3 is 30.8 Å². The van der Waals surface area contributed by atoms with Gasteiger partial charge in [-0.2, -0.15) is 0 Å². The highest BCUT2D eigenvalue weighted by atomic mass is 16.6. The molecule has 12 heteroatoms. The summed E-state index contributed by atoms with van der Waals surface area (Å²) in [5.41, 5.74) is 12.2. The highest BCUT2D eigenvalue weighted by Gasteiger charge is 2.36. The SMILES string of the molecule is CO[C@H]1C[C@H](C)CC2=C(N)C(=O)C=C(C2=O)N(CC(=O)c2cccc3ccccc23)C(=O)/C(C)=C/C=C\[C@H](OC)[C@@H](OC(N)=O)/C(C)=C/[C@H](C)[C@@H](O)C1.